The SMILES string of the molecule is CC(C)N(CCNI)CCNI. The average molecular weight is 397 g/mol. The van der Waals surface area contributed by atoms with Gasteiger partial charge in [0, 0.05) is 78.0 Å². The first kappa shape index (κ1) is 13.3. The molecule has 0 atom stereocenters. The minimum Gasteiger partial charge on any atom is -0.298 e. The van der Waals surface area contributed by atoms with Gasteiger partial charge in [0.25, 0.3) is 0 Å². The molecule has 0 aliphatic heterocycles. The molecule has 0 rings (SSSR count). The van der Waals surface area contributed by atoms with Gasteiger partial charge in [0.2, 0.25) is 0 Å². The monoisotopic (exact) mass is 397 g/mol. The maximum atomic E-state index is 3.14. The van der Waals surface area contributed by atoms with Crippen LogP contribution < -0.4 is 7.06 Å². The summed E-state index contributed by atoms with van der Waals surface area (Å²) >= 11 is 4.38. The van der Waals surface area contributed by atoms with Crippen molar-refractivity contribution in [1.82, 2.24) is 12.0 Å². The van der Waals surface area contributed by atoms with E-state index in [4.69, 9.17) is 0 Å². The maximum absolute atomic E-state index is 3.14. The van der Waals surface area contributed by atoms with Gasteiger partial charge in [-0.15, -0.1) is 0 Å². The highest BCUT2D eigenvalue weighted by molar-refractivity contribution is 14.1. The van der Waals surface area contributed by atoms with E-state index >= 15 is 0 Å². The van der Waals surface area contributed by atoms with Gasteiger partial charge in [-0.05, 0) is 13.8 Å². The Morgan fingerprint density at radius 2 is 1.50 bits per heavy atom. The van der Waals surface area contributed by atoms with Gasteiger partial charge in [0.05, 0.1) is 0 Å². The molecule has 0 aliphatic carbocycles. The number of nitrogens with zero attached hydrogens (tertiary/aromatic N) is 1. The molecule has 3 nitrogen and oxygen atoms in total. The highest BCUT2D eigenvalue weighted by Gasteiger charge is 2.06. The number of halogens is 2. The molecule has 0 heterocycles. The average Bonchev–Trinajstić information content (AvgIpc) is 2.04. The minimum atomic E-state index is 0.638. The van der Waals surface area contributed by atoms with Crippen molar-refractivity contribution in [2.24, 2.45) is 0 Å². The second-order valence-electron chi connectivity index (χ2n) is 2.90. The zero-order valence-corrected chi connectivity index (χ0v) is 11.9. The molecule has 0 bridgehead atoms. The molecule has 0 aromatic carbocycles. The predicted octanol–water partition coefficient (Wildman–Crippen LogP) is 1.58. The van der Waals surface area contributed by atoms with Gasteiger partial charge in [0.1, 0.15) is 0 Å². The normalized spacial score (nSPS) is 11.5. The summed E-state index contributed by atoms with van der Waals surface area (Å²) in [5.74, 6) is 0. The molecule has 0 radical (unpaired) electrons. The molecule has 12 heavy (non-hydrogen) atoms. The molecule has 0 saturated heterocycles. The van der Waals surface area contributed by atoms with Crippen LogP contribution in [0.15, 0.2) is 0 Å². The van der Waals surface area contributed by atoms with Crippen LogP contribution in [-0.2, 0) is 0 Å². The van der Waals surface area contributed by atoms with E-state index in [0.717, 1.165) is 26.2 Å². The molecule has 74 valence electrons. The van der Waals surface area contributed by atoms with E-state index in [1.54, 1.807) is 0 Å². The van der Waals surface area contributed by atoms with Gasteiger partial charge in [-0.3, -0.25) is 12.0 Å². The van der Waals surface area contributed by atoms with Crippen LogP contribution in [0.4, 0.5) is 0 Å². The lowest BCUT2D eigenvalue weighted by Gasteiger charge is -2.25. The van der Waals surface area contributed by atoms with Crippen LogP contribution in [0.5, 0.6) is 0 Å². The van der Waals surface area contributed by atoms with Gasteiger partial charge < -0.3 is 0 Å². The Morgan fingerprint density at radius 1 is 1.08 bits per heavy atom. The van der Waals surface area contributed by atoms with Crippen molar-refractivity contribution < 1.29 is 0 Å². The number of hydrogen-bond donors (Lipinski definition) is 2. The van der Waals surface area contributed by atoms with Crippen LogP contribution >= 0.6 is 45.7 Å². The zero-order chi connectivity index (χ0) is 9.40. The molecule has 0 fully saturated rings. The van der Waals surface area contributed by atoms with E-state index in [9.17, 15) is 0 Å². The maximum Gasteiger partial charge on any atom is 0.0178 e. The van der Waals surface area contributed by atoms with E-state index in [2.05, 4.69) is 71.5 Å². The quantitative estimate of drug-likeness (QED) is 0.505. The number of nitrogens with one attached hydrogen (secondary N) is 2. The van der Waals surface area contributed by atoms with Crippen LogP contribution in [0.1, 0.15) is 13.8 Å². The Kier molecular flexibility index (Phi) is 9.91. The lowest BCUT2D eigenvalue weighted by molar-refractivity contribution is 0.232. The van der Waals surface area contributed by atoms with Crippen molar-refractivity contribution >= 4 is 45.7 Å². The van der Waals surface area contributed by atoms with Crippen LogP contribution in [0.25, 0.3) is 0 Å². The van der Waals surface area contributed by atoms with Gasteiger partial charge >= 0.3 is 0 Å². The van der Waals surface area contributed by atoms with Crippen LogP contribution in [0.2, 0.25) is 0 Å². The Labute approximate surface area is 103 Å². The van der Waals surface area contributed by atoms with Crippen molar-refractivity contribution in [3.05, 3.63) is 0 Å². The van der Waals surface area contributed by atoms with Gasteiger partial charge in [0.15, 0.2) is 0 Å². The highest BCUT2D eigenvalue weighted by atomic mass is 127. The molecule has 0 saturated carbocycles. The lowest BCUT2D eigenvalue weighted by atomic mass is 10.3. The van der Waals surface area contributed by atoms with Crippen molar-refractivity contribution in [3.63, 3.8) is 0 Å². The smallest absolute Gasteiger partial charge is 0.0178 e. The standard InChI is InChI=1S/C7H17I2N3/c1-7(2)12(5-3-10-8)6-4-11-9/h7,10-11H,3-6H2,1-2H3. The number of rotatable bonds is 7. The van der Waals surface area contributed by atoms with E-state index in [1.807, 2.05) is 0 Å². The fourth-order valence-corrected chi connectivity index (χ4v) is 1.48. The molecule has 2 N–H and O–H groups in total. The summed E-state index contributed by atoms with van der Waals surface area (Å²) in [7, 11) is 0. The summed E-state index contributed by atoms with van der Waals surface area (Å²) in [5.41, 5.74) is 0. The second kappa shape index (κ2) is 8.92. The largest absolute Gasteiger partial charge is 0.298 e. The summed E-state index contributed by atoms with van der Waals surface area (Å²) in [6, 6.07) is 0.638. The molecular weight excluding hydrogens is 380 g/mol. The van der Waals surface area contributed by atoms with Crippen molar-refractivity contribution in [1.29, 1.82) is 0 Å². The first-order valence-corrected chi connectivity index (χ1v) is 6.29. The molecule has 0 aliphatic rings. The summed E-state index contributed by atoms with van der Waals surface area (Å²) in [4.78, 5) is 2.46. The Balaban J connectivity index is 3.55. The van der Waals surface area contributed by atoms with E-state index in [0.29, 0.717) is 6.04 Å². The predicted molar refractivity (Wildman–Crippen MR) is 70.8 cm³/mol. The highest BCUT2D eigenvalue weighted by Crippen LogP contribution is 1.96. The summed E-state index contributed by atoms with van der Waals surface area (Å²) < 4.78 is 6.27. The molecule has 5 heteroatoms. The third-order valence-corrected chi connectivity index (χ3v) is 2.80. The van der Waals surface area contributed by atoms with Gasteiger partial charge in [-0.25, -0.2) is 0 Å². The van der Waals surface area contributed by atoms with Crippen LogP contribution in [0.3, 0.4) is 0 Å². The van der Waals surface area contributed by atoms with Crippen molar-refractivity contribution in [2.75, 3.05) is 26.2 Å². The Bertz CT molecular complexity index is 92.7. The first-order chi connectivity index (χ1) is 5.72. The van der Waals surface area contributed by atoms with Crippen molar-refractivity contribution in [2.45, 2.75) is 19.9 Å². The van der Waals surface area contributed by atoms with Crippen LogP contribution in [0, 0.1) is 0 Å². The first-order valence-electron chi connectivity index (χ1n) is 4.13. The fraction of sp³-hybridized carbons (Fsp3) is 1.00. The van der Waals surface area contributed by atoms with E-state index < -0.39 is 0 Å². The lowest BCUT2D eigenvalue weighted by Crippen LogP contribution is -2.38. The summed E-state index contributed by atoms with van der Waals surface area (Å²) in [6.45, 7) is 8.83. The van der Waals surface area contributed by atoms with Gasteiger partial charge in [-0.1, -0.05) is 0 Å². The van der Waals surface area contributed by atoms with Crippen molar-refractivity contribution in [3.8, 4) is 0 Å². The zero-order valence-electron chi connectivity index (χ0n) is 7.61. The minimum absolute atomic E-state index is 0.638. The topological polar surface area (TPSA) is 27.3 Å². The van der Waals surface area contributed by atoms with E-state index in [1.165, 1.54) is 0 Å². The Hall–Kier alpha value is 1.34. The number of hydrogen-bond acceptors (Lipinski definition) is 3. The molecule has 0 aromatic rings. The molecule has 0 spiro atoms. The van der Waals surface area contributed by atoms with E-state index in [-0.39, 0.29) is 0 Å². The van der Waals surface area contributed by atoms with Gasteiger partial charge in [-0.2, -0.15) is 0 Å². The third kappa shape index (κ3) is 6.81. The Morgan fingerprint density at radius 3 is 1.75 bits per heavy atom. The summed E-state index contributed by atoms with van der Waals surface area (Å²) in [5, 5.41) is 0. The molecule has 0 amide bonds. The molecule has 0 unspecified atom stereocenters. The molecule has 0 aromatic heterocycles. The fourth-order valence-electron chi connectivity index (χ4n) is 1.000. The summed E-state index contributed by atoms with van der Waals surface area (Å²) in [6.07, 6.45) is 0. The van der Waals surface area contributed by atoms with Crippen LogP contribution in [-0.4, -0.2) is 37.1 Å². The second-order valence-corrected chi connectivity index (χ2v) is 4.42. The third-order valence-electron chi connectivity index (χ3n) is 1.72. The molecular formula is C7H17I2N3.